The Morgan fingerprint density at radius 3 is 3.00 bits per heavy atom. The Hall–Kier alpha value is -0.540. The van der Waals surface area contributed by atoms with Gasteiger partial charge in [-0.3, -0.25) is 4.98 Å². The number of aliphatic hydroxyl groups excluding tert-OH is 1. The maximum absolute atomic E-state index is 8.84. The minimum atomic E-state index is 0.233. The predicted octanol–water partition coefficient (Wildman–Crippen LogP) is 2.00. The molecule has 0 radical (unpaired) electrons. The minimum Gasteiger partial charge on any atom is -0.395 e. The number of aliphatic hydroxyl groups is 1. The summed E-state index contributed by atoms with van der Waals surface area (Å²) >= 11 is 1.73. The van der Waals surface area contributed by atoms with E-state index in [1.165, 1.54) is 5.56 Å². The van der Waals surface area contributed by atoms with Gasteiger partial charge in [0.2, 0.25) is 0 Å². The van der Waals surface area contributed by atoms with Crippen LogP contribution in [0.15, 0.2) is 18.3 Å². The van der Waals surface area contributed by atoms with Crippen molar-refractivity contribution in [2.24, 2.45) is 0 Å². The van der Waals surface area contributed by atoms with Crippen LogP contribution in [-0.4, -0.2) is 21.9 Å². The molecule has 2 nitrogen and oxygen atoms in total. The Balaban J connectivity index is 2.50. The number of nitrogens with zero attached hydrogens (tertiary/aromatic N) is 1. The summed E-state index contributed by atoms with van der Waals surface area (Å²) < 4.78 is 0. The molecule has 0 amide bonds. The van der Waals surface area contributed by atoms with E-state index < -0.39 is 0 Å². The summed E-state index contributed by atoms with van der Waals surface area (Å²) in [4.78, 5) is 4.28. The standard InChI is InChI=1S/C10H15NOS/c1-8-4-3-5-11-10(8)7-13-9(2)6-12/h3-5,9,12H,6-7H2,1-2H3. The highest BCUT2D eigenvalue weighted by atomic mass is 32.2. The van der Waals surface area contributed by atoms with E-state index in [0.717, 1.165) is 11.4 Å². The number of hydrogen-bond donors (Lipinski definition) is 1. The highest BCUT2D eigenvalue weighted by molar-refractivity contribution is 7.99. The summed E-state index contributed by atoms with van der Waals surface area (Å²) in [5.74, 6) is 0.883. The second-order valence-corrected chi connectivity index (χ2v) is 4.50. The molecule has 1 unspecified atom stereocenters. The van der Waals surface area contributed by atoms with Crippen molar-refractivity contribution < 1.29 is 5.11 Å². The molecule has 0 aliphatic heterocycles. The average Bonchev–Trinajstić information content (AvgIpc) is 2.16. The molecule has 1 atom stereocenters. The zero-order chi connectivity index (χ0) is 9.68. The molecule has 0 aromatic carbocycles. The fraction of sp³-hybridized carbons (Fsp3) is 0.500. The van der Waals surface area contributed by atoms with Gasteiger partial charge in [0.15, 0.2) is 0 Å². The van der Waals surface area contributed by atoms with Gasteiger partial charge in [-0.15, -0.1) is 0 Å². The number of aromatic nitrogens is 1. The van der Waals surface area contributed by atoms with Gasteiger partial charge < -0.3 is 5.11 Å². The van der Waals surface area contributed by atoms with Crippen LogP contribution in [-0.2, 0) is 5.75 Å². The third-order valence-electron chi connectivity index (χ3n) is 1.88. The van der Waals surface area contributed by atoms with Crippen molar-refractivity contribution in [2.75, 3.05) is 6.61 Å². The molecular formula is C10H15NOS. The predicted molar refractivity (Wildman–Crippen MR) is 56.8 cm³/mol. The molecule has 0 spiro atoms. The summed E-state index contributed by atoms with van der Waals surface area (Å²) in [5, 5.41) is 9.13. The van der Waals surface area contributed by atoms with Crippen LogP contribution in [0.1, 0.15) is 18.2 Å². The Labute approximate surface area is 83.4 Å². The summed E-state index contributed by atoms with van der Waals surface area (Å²) in [6, 6.07) is 4.01. The summed E-state index contributed by atoms with van der Waals surface area (Å²) in [5.41, 5.74) is 2.34. The van der Waals surface area contributed by atoms with Crippen LogP contribution < -0.4 is 0 Å². The Morgan fingerprint density at radius 1 is 1.62 bits per heavy atom. The van der Waals surface area contributed by atoms with Crippen molar-refractivity contribution >= 4 is 11.8 Å². The fourth-order valence-corrected chi connectivity index (χ4v) is 1.79. The third kappa shape index (κ3) is 3.36. The van der Waals surface area contributed by atoms with E-state index in [1.807, 2.05) is 19.2 Å². The van der Waals surface area contributed by atoms with E-state index in [9.17, 15) is 0 Å². The van der Waals surface area contributed by atoms with Crippen LogP contribution in [0.25, 0.3) is 0 Å². The van der Waals surface area contributed by atoms with E-state index in [0.29, 0.717) is 5.25 Å². The van der Waals surface area contributed by atoms with E-state index in [2.05, 4.69) is 18.0 Å². The molecule has 0 bridgehead atoms. The van der Waals surface area contributed by atoms with E-state index in [1.54, 1.807) is 11.8 Å². The molecule has 0 saturated heterocycles. The number of rotatable bonds is 4. The van der Waals surface area contributed by atoms with Crippen molar-refractivity contribution in [3.63, 3.8) is 0 Å². The molecule has 0 aliphatic rings. The average molecular weight is 197 g/mol. The lowest BCUT2D eigenvalue weighted by Crippen LogP contribution is -2.03. The quantitative estimate of drug-likeness (QED) is 0.801. The van der Waals surface area contributed by atoms with Crippen molar-refractivity contribution in [3.05, 3.63) is 29.6 Å². The maximum Gasteiger partial charge on any atom is 0.0547 e. The lowest BCUT2D eigenvalue weighted by Gasteiger charge is -2.08. The molecule has 3 heteroatoms. The molecule has 13 heavy (non-hydrogen) atoms. The first-order valence-electron chi connectivity index (χ1n) is 4.37. The number of aryl methyl sites for hydroxylation is 1. The van der Waals surface area contributed by atoms with Gasteiger partial charge in [0.05, 0.1) is 12.3 Å². The number of thioether (sulfide) groups is 1. The lowest BCUT2D eigenvalue weighted by molar-refractivity contribution is 0.300. The van der Waals surface area contributed by atoms with E-state index >= 15 is 0 Å². The van der Waals surface area contributed by atoms with Gasteiger partial charge in [-0.25, -0.2) is 0 Å². The van der Waals surface area contributed by atoms with Gasteiger partial charge in [-0.05, 0) is 18.6 Å². The molecule has 1 rings (SSSR count). The van der Waals surface area contributed by atoms with Gasteiger partial charge in [-0.2, -0.15) is 11.8 Å². The van der Waals surface area contributed by atoms with Crippen LogP contribution >= 0.6 is 11.8 Å². The second kappa shape index (κ2) is 5.25. The van der Waals surface area contributed by atoms with Crippen LogP contribution in [0, 0.1) is 6.92 Å². The SMILES string of the molecule is Cc1cccnc1CSC(C)CO. The van der Waals surface area contributed by atoms with Crippen molar-refractivity contribution in [1.82, 2.24) is 4.98 Å². The molecule has 0 aliphatic carbocycles. The largest absolute Gasteiger partial charge is 0.395 e. The summed E-state index contributed by atoms with van der Waals surface area (Å²) in [7, 11) is 0. The number of pyridine rings is 1. The Bertz CT molecular complexity index is 265. The van der Waals surface area contributed by atoms with E-state index in [4.69, 9.17) is 5.11 Å². The molecular weight excluding hydrogens is 182 g/mol. The zero-order valence-electron chi connectivity index (χ0n) is 8.03. The monoisotopic (exact) mass is 197 g/mol. The molecule has 72 valence electrons. The van der Waals surface area contributed by atoms with Crippen molar-refractivity contribution in [1.29, 1.82) is 0 Å². The highest BCUT2D eigenvalue weighted by Gasteiger charge is 2.03. The van der Waals surface area contributed by atoms with Crippen LogP contribution in [0.5, 0.6) is 0 Å². The molecule has 0 fully saturated rings. The van der Waals surface area contributed by atoms with Gasteiger partial charge in [0.1, 0.15) is 0 Å². The summed E-state index contributed by atoms with van der Waals surface area (Å²) in [6.07, 6.45) is 1.81. The highest BCUT2D eigenvalue weighted by Crippen LogP contribution is 2.17. The van der Waals surface area contributed by atoms with E-state index in [-0.39, 0.29) is 6.61 Å². The topological polar surface area (TPSA) is 33.1 Å². The molecule has 1 aromatic rings. The maximum atomic E-state index is 8.84. The molecule has 1 heterocycles. The van der Waals surface area contributed by atoms with Gasteiger partial charge in [0.25, 0.3) is 0 Å². The normalized spacial score (nSPS) is 12.8. The van der Waals surface area contributed by atoms with Gasteiger partial charge in [0, 0.05) is 17.2 Å². The first kappa shape index (κ1) is 10.5. The Kier molecular flexibility index (Phi) is 4.25. The Morgan fingerprint density at radius 2 is 2.38 bits per heavy atom. The fourth-order valence-electron chi connectivity index (χ4n) is 0.943. The zero-order valence-corrected chi connectivity index (χ0v) is 8.84. The molecule has 0 saturated carbocycles. The van der Waals surface area contributed by atoms with Crippen molar-refractivity contribution in [2.45, 2.75) is 24.9 Å². The third-order valence-corrected chi connectivity index (χ3v) is 3.04. The first-order chi connectivity index (χ1) is 6.24. The lowest BCUT2D eigenvalue weighted by atomic mass is 10.2. The molecule has 1 aromatic heterocycles. The van der Waals surface area contributed by atoms with Crippen LogP contribution in [0.2, 0.25) is 0 Å². The number of hydrogen-bond acceptors (Lipinski definition) is 3. The van der Waals surface area contributed by atoms with Crippen LogP contribution in [0.3, 0.4) is 0 Å². The smallest absolute Gasteiger partial charge is 0.0547 e. The summed E-state index contributed by atoms with van der Waals surface area (Å²) in [6.45, 7) is 4.31. The molecule has 1 N–H and O–H groups in total. The van der Waals surface area contributed by atoms with Crippen LogP contribution in [0.4, 0.5) is 0 Å². The van der Waals surface area contributed by atoms with Gasteiger partial charge in [-0.1, -0.05) is 13.0 Å². The minimum absolute atomic E-state index is 0.233. The van der Waals surface area contributed by atoms with Crippen molar-refractivity contribution in [3.8, 4) is 0 Å². The first-order valence-corrected chi connectivity index (χ1v) is 5.42. The van der Waals surface area contributed by atoms with Gasteiger partial charge >= 0.3 is 0 Å². The second-order valence-electron chi connectivity index (χ2n) is 3.07.